The van der Waals surface area contributed by atoms with Gasteiger partial charge in [-0.3, -0.25) is 19.7 Å². The van der Waals surface area contributed by atoms with Crippen LogP contribution in [0, 0.1) is 20.8 Å². The summed E-state index contributed by atoms with van der Waals surface area (Å²) in [5.41, 5.74) is 3.83. The minimum Gasteiger partial charge on any atom is -0.454 e. The van der Waals surface area contributed by atoms with E-state index in [-0.39, 0.29) is 0 Å². The van der Waals surface area contributed by atoms with Crippen LogP contribution in [0.4, 0.5) is 10.5 Å². The van der Waals surface area contributed by atoms with Crippen molar-refractivity contribution in [2.75, 3.05) is 18.5 Å². The van der Waals surface area contributed by atoms with E-state index in [9.17, 15) is 19.2 Å². The average Bonchev–Trinajstić information content (AvgIpc) is 2.67. The molecule has 0 spiro atoms. The van der Waals surface area contributed by atoms with Crippen molar-refractivity contribution in [2.24, 2.45) is 0 Å². The standard InChI is InChI=1S/C21H23N3O5/c1-13-8-9-16(10-15(13)3)23-21(28)24-18(25)12-29-19(26)11-22-20(27)17-7-5-4-6-14(17)2/h4-10H,11-12H2,1-3H3,(H,22,27)(H2,23,24,25,28). The lowest BCUT2D eigenvalue weighted by molar-refractivity contribution is -0.147. The summed E-state index contributed by atoms with van der Waals surface area (Å²) < 4.78 is 4.76. The van der Waals surface area contributed by atoms with E-state index in [0.717, 1.165) is 16.7 Å². The number of benzene rings is 2. The molecular weight excluding hydrogens is 374 g/mol. The van der Waals surface area contributed by atoms with Crippen molar-refractivity contribution in [3.05, 3.63) is 64.7 Å². The quantitative estimate of drug-likeness (QED) is 0.647. The molecule has 0 radical (unpaired) electrons. The highest BCUT2D eigenvalue weighted by molar-refractivity contribution is 6.02. The van der Waals surface area contributed by atoms with E-state index in [1.165, 1.54) is 0 Å². The lowest BCUT2D eigenvalue weighted by Crippen LogP contribution is -2.38. The van der Waals surface area contributed by atoms with Crippen LogP contribution in [0.5, 0.6) is 0 Å². The van der Waals surface area contributed by atoms with Gasteiger partial charge in [0.1, 0.15) is 6.54 Å². The monoisotopic (exact) mass is 397 g/mol. The SMILES string of the molecule is Cc1ccc(NC(=O)NC(=O)COC(=O)CNC(=O)c2ccccc2C)cc1C. The maximum Gasteiger partial charge on any atom is 0.325 e. The van der Waals surface area contributed by atoms with Gasteiger partial charge in [-0.25, -0.2) is 4.79 Å². The molecule has 0 unspecified atom stereocenters. The fraction of sp³-hybridized carbons (Fsp3) is 0.238. The minimum absolute atomic E-state index is 0.394. The second-order valence-corrected chi connectivity index (χ2v) is 6.46. The van der Waals surface area contributed by atoms with E-state index < -0.39 is 37.0 Å². The van der Waals surface area contributed by atoms with Gasteiger partial charge in [0.15, 0.2) is 6.61 Å². The Hall–Kier alpha value is -3.68. The van der Waals surface area contributed by atoms with Crippen LogP contribution >= 0.6 is 0 Å². The third kappa shape index (κ3) is 6.76. The van der Waals surface area contributed by atoms with Crippen LogP contribution < -0.4 is 16.0 Å². The van der Waals surface area contributed by atoms with Gasteiger partial charge in [-0.1, -0.05) is 24.3 Å². The molecule has 0 saturated carbocycles. The largest absolute Gasteiger partial charge is 0.454 e. The van der Waals surface area contributed by atoms with Crippen LogP contribution in [0.2, 0.25) is 0 Å². The van der Waals surface area contributed by atoms with Crippen LogP contribution in [0.25, 0.3) is 0 Å². The third-order valence-electron chi connectivity index (χ3n) is 4.16. The molecule has 0 bridgehead atoms. The van der Waals surface area contributed by atoms with Crippen molar-refractivity contribution in [2.45, 2.75) is 20.8 Å². The zero-order valence-corrected chi connectivity index (χ0v) is 16.5. The molecular formula is C21H23N3O5. The molecule has 8 heteroatoms. The summed E-state index contributed by atoms with van der Waals surface area (Å²) in [7, 11) is 0. The summed E-state index contributed by atoms with van der Waals surface area (Å²) in [5.74, 6) is -2.00. The zero-order chi connectivity index (χ0) is 21.4. The number of carbonyl (C=O) groups excluding carboxylic acids is 4. The first-order valence-electron chi connectivity index (χ1n) is 8.94. The number of hydrogen-bond acceptors (Lipinski definition) is 5. The second kappa shape index (κ2) is 10.0. The van der Waals surface area contributed by atoms with E-state index in [2.05, 4.69) is 16.0 Å². The Morgan fingerprint density at radius 1 is 0.897 bits per heavy atom. The van der Waals surface area contributed by atoms with Gasteiger partial charge in [0, 0.05) is 11.3 Å². The molecule has 152 valence electrons. The molecule has 2 aromatic rings. The van der Waals surface area contributed by atoms with E-state index in [0.29, 0.717) is 11.3 Å². The van der Waals surface area contributed by atoms with E-state index in [4.69, 9.17) is 4.74 Å². The fourth-order valence-electron chi connectivity index (χ4n) is 2.42. The summed E-state index contributed by atoms with van der Waals surface area (Å²) in [6, 6.07) is 11.5. The normalized spacial score (nSPS) is 10.0. The molecule has 3 N–H and O–H groups in total. The topological polar surface area (TPSA) is 114 Å². The van der Waals surface area contributed by atoms with Gasteiger partial charge in [-0.2, -0.15) is 0 Å². The van der Waals surface area contributed by atoms with Gasteiger partial charge in [-0.05, 0) is 55.7 Å². The number of rotatable bonds is 6. The zero-order valence-electron chi connectivity index (χ0n) is 16.5. The summed E-state index contributed by atoms with van der Waals surface area (Å²) in [6.07, 6.45) is 0. The first-order valence-corrected chi connectivity index (χ1v) is 8.94. The highest BCUT2D eigenvalue weighted by Crippen LogP contribution is 2.13. The number of hydrogen-bond donors (Lipinski definition) is 3. The van der Waals surface area contributed by atoms with Gasteiger partial charge < -0.3 is 15.4 Å². The Morgan fingerprint density at radius 3 is 2.31 bits per heavy atom. The number of imide groups is 1. The Balaban J connectivity index is 1.72. The van der Waals surface area contributed by atoms with Crippen molar-refractivity contribution in [1.29, 1.82) is 0 Å². The van der Waals surface area contributed by atoms with Crippen LogP contribution in [0.1, 0.15) is 27.0 Å². The molecule has 0 atom stereocenters. The highest BCUT2D eigenvalue weighted by Gasteiger charge is 2.13. The number of ether oxygens (including phenoxy) is 1. The number of amides is 4. The van der Waals surface area contributed by atoms with Crippen LogP contribution in [0.15, 0.2) is 42.5 Å². The summed E-state index contributed by atoms with van der Waals surface area (Å²) in [6.45, 7) is 4.59. The Labute approximate surface area is 168 Å². The van der Waals surface area contributed by atoms with Crippen molar-refractivity contribution in [3.8, 4) is 0 Å². The maximum absolute atomic E-state index is 12.0. The lowest BCUT2D eigenvalue weighted by atomic mass is 10.1. The van der Waals surface area contributed by atoms with Gasteiger partial charge >= 0.3 is 12.0 Å². The molecule has 8 nitrogen and oxygen atoms in total. The Morgan fingerprint density at radius 2 is 1.62 bits per heavy atom. The van der Waals surface area contributed by atoms with Gasteiger partial charge in [0.05, 0.1) is 0 Å². The van der Waals surface area contributed by atoms with Crippen molar-refractivity contribution >= 4 is 29.5 Å². The van der Waals surface area contributed by atoms with Gasteiger partial charge in [0.25, 0.3) is 11.8 Å². The highest BCUT2D eigenvalue weighted by atomic mass is 16.5. The lowest BCUT2D eigenvalue weighted by Gasteiger charge is -2.09. The predicted molar refractivity (Wildman–Crippen MR) is 108 cm³/mol. The number of aryl methyl sites for hydroxylation is 3. The van der Waals surface area contributed by atoms with Crippen molar-refractivity contribution < 1.29 is 23.9 Å². The number of nitrogens with one attached hydrogen (secondary N) is 3. The van der Waals surface area contributed by atoms with Gasteiger partial charge in [0.2, 0.25) is 0 Å². The Bertz CT molecular complexity index is 940. The summed E-state index contributed by atoms with van der Waals surface area (Å²) in [4.78, 5) is 47.3. The number of esters is 1. The molecule has 0 fully saturated rings. The minimum atomic E-state index is -0.795. The smallest absolute Gasteiger partial charge is 0.325 e. The molecule has 0 heterocycles. The van der Waals surface area contributed by atoms with E-state index in [1.54, 1.807) is 43.3 Å². The number of anilines is 1. The molecule has 0 aliphatic heterocycles. The first kappa shape index (κ1) is 21.6. The number of urea groups is 1. The maximum atomic E-state index is 12.0. The molecule has 0 aliphatic rings. The summed E-state index contributed by atoms with van der Waals surface area (Å²) >= 11 is 0. The molecule has 2 rings (SSSR count). The third-order valence-corrected chi connectivity index (χ3v) is 4.16. The number of carbonyl (C=O) groups is 4. The van der Waals surface area contributed by atoms with E-state index >= 15 is 0 Å². The van der Waals surface area contributed by atoms with Gasteiger partial charge in [-0.15, -0.1) is 0 Å². The molecule has 29 heavy (non-hydrogen) atoms. The van der Waals surface area contributed by atoms with Crippen molar-refractivity contribution in [1.82, 2.24) is 10.6 Å². The molecule has 0 aromatic heterocycles. The molecule has 0 saturated heterocycles. The molecule has 4 amide bonds. The van der Waals surface area contributed by atoms with E-state index in [1.807, 2.05) is 19.9 Å². The average molecular weight is 397 g/mol. The fourth-order valence-corrected chi connectivity index (χ4v) is 2.42. The van der Waals surface area contributed by atoms with Crippen molar-refractivity contribution in [3.63, 3.8) is 0 Å². The van der Waals surface area contributed by atoms with Crippen LogP contribution in [-0.2, 0) is 14.3 Å². The van der Waals surface area contributed by atoms with Crippen LogP contribution in [0.3, 0.4) is 0 Å². The molecule has 0 aliphatic carbocycles. The first-order chi connectivity index (χ1) is 13.8. The summed E-state index contributed by atoms with van der Waals surface area (Å²) in [5, 5.41) is 7.01. The van der Waals surface area contributed by atoms with Crippen LogP contribution in [-0.4, -0.2) is 37.0 Å². The second-order valence-electron chi connectivity index (χ2n) is 6.46. The molecule has 2 aromatic carbocycles. The predicted octanol–water partition coefficient (Wildman–Crippen LogP) is 2.23. The Kier molecular flexibility index (Phi) is 7.47.